The minimum Gasteiger partial charge on any atom is -0.334 e. The summed E-state index contributed by atoms with van der Waals surface area (Å²) in [6, 6.07) is 5.77. The third-order valence-electron chi connectivity index (χ3n) is 3.63. The van der Waals surface area contributed by atoms with E-state index in [-0.39, 0.29) is 0 Å². The second-order valence-electron chi connectivity index (χ2n) is 5.45. The highest BCUT2D eigenvalue weighted by Crippen LogP contribution is 2.24. The molecule has 5 heteroatoms. The van der Waals surface area contributed by atoms with E-state index >= 15 is 0 Å². The molecule has 4 nitrogen and oxygen atoms in total. The number of hydrogen-bond donors (Lipinski definition) is 1. The molecule has 0 aliphatic carbocycles. The molecule has 2 aromatic rings. The third-order valence-corrected chi connectivity index (χ3v) is 3.85. The molecule has 1 aromatic heterocycles. The van der Waals surface area contributed by atoms with Crippen LogP contribution in [0.3, 0.4) is 0 Å². The Balaban J connectivity index is 1.75. The largest absolute Gasteiger partial charge is 0.334 e. The maximum Gasteiger partial charge on any atom is 0.257 e. The smallest absolute Gasteiger partial charge is 0.257 e. The van der Waals surface area contributed by atoms with Gasteiger partial charge in [0.05, 0.1) is 0 Å². The van der Waals surface area contributed by atoms with Gasteiger partial charge >= 0.3 is 0 Å². The van der Waals surface area contributed by atoms with E-state index in [9.17, 15) is 0 Å². The number of benzene rings is 1. The summed E-state index contributed by atoms with van der Waals surface area (Å²) in [7, 11) is 0. The van der Waals surface area contributed by atoms with Crippen molar-refractivity contribution in [3.63, 3.8) is 0 Å². The van der Waals surface area contributed by atoms with Crippen molar-refractivity contribution >= 4 is 11.6 Å². The molecule has 1 aliphatic heterocycles. The standard InChI is InChI=1S/C15H18ClN3O/c1-10-5-12(8-13(16)6-10)15-18-14(19-20-15)7-11-3-2-4-17-9-11/h5-6,8,11,17H,2-4,7,9H2,1H3. The lowest BCUT2D eigenvalue weighted by atomic mass is 9.96. The van der Waals surface area contributed by atoms with E-state index in [0.29, 0.717) is 16.8 Å². The third kappa shape index (κ3) is 3.19. The van der Waals surface area contributed by atoms with Crippen LogP contribution in [0.2, 0.25) is 5.02 Å². The van der Waals surface area contributed by atoms with E-state index in [1.54, 1.807) is 0 Å². The predicted molar refractivity (Wildman–Crippen MR) is 78.8 cm³/mol. The van der Waals surface area contributed by atoms with Crippen molar-refractivity contribution in [2.24, 2.45) is 5.92 Å². The van der Waals surface area contributed by atoms with E-state index in [1.807, 2.05) is 25.1 Å². The van der Waals surface area contributed by atoms with Crippen LogP contribution in [-0.2, 0) is 6.42 Å². The van der Waals surface area contributed by atoms with Crippen molar-refractivity contribution in [3.8, 4) is 11.5 Å². The number of hydrogen-bond acceptors (Lipinski definition) is 4. The van der Waals surface area contributed by atoms with Gasteiger partial charge < -0.3 is 9.84 Å². The second kappa shape index (κ2) is 5.94. The number of aryl methyl sites for hydroxylation is 1. The molecule has 0 amide bonds. The molecule has 0 spiro atoms. The zero-order valence-electron chi connectivity index (χ0n) is 11.5. The lowest BCUT2D eigenvalue weighted by Gasteiger charge is -2.20. The zero-order valence-corrected chi connectivity index (χ0v) is 12.3. The first kappa shape index (κ1) is 13.6. The fraction of sp³-hybridized carbons (Fsp3) is 0.467. The van der Waals surface area contributed by atoms with Crippen LogP contribution in [0.4, 0.5) is 0 Å². The molecule has 20 heavy (non-hydrogen) atoms. The molecule has 106 valence electrons. The highest BCUT2D eigenvalue weighted by atomic mass is 35.5. The molecule has 3 rings (SSSR count). The van der Waals surface area contributed by atoms with Crippen LogP contribution in [0, 0.1) is 12.8 Å². The maximum atomic E-state index is 6.06. The van der Waals surface area contributed by atoms with Gasteiger partial charge in [-0.1, -0.05) is 16.8 Å². The van der Waals surface area contributed by atoms with Gasteiger partial charge in [-0.25, -0.2) is 0 Å². The predicted octanol–water partition coefficient (Wildman–Crippen LogP) is 3.24. The summed E-state index contributed by atoms with van der Waals surface area (Å²) in [5.41, 5.74) is 1.97. The van der Waals surface area contributed by atoms with E-state index in [0.717, 1.165) is 36.5 Å². The number of nitrogens with zero attached hydrogens (tertiary/aromatic N) is 2. The first-order chi connectivity index (χ1) is 9.70. The molecule has 1 aromatic carbocycles. The molecule has 1 N–H and O–H groups in total. The number of rotatable bonds is 3. The molecule has 2 heterocycles. The van der Waals surface area contributed by atoms with Crippen LogP contribution in [0.25, 0.3) is 11.5 Å². The lowest BCUT2D eigenvalue weighted by Crippen LogP contribution is -2.31. The summed E-state index contributed by atoms with van der Waals surface area (Å²) in [6.45, 7) is 4.16. The Morgan fingerprint density at radius 1 is 1.40 bits per heavy atom. The van der Waals surface area contributed by atoms with Gasteiger partial charge in [-0.15, -0.1) is 0 Å². The van der Waals surface area contributed by atoms with Crippen LogP contribution < -0.4 is 5.32 Å². The van der Waals surface area contributed by atoms with Crippen molar-refractivity contribution < 1.29 is 4.52 Å². The molecule has 0 radical (unpaired) electrons. The Hall–Kier alpha value is -1.39. The van der Waals surface area contributed by atoms with Crippen molar-refractivity contribution in [1.29, 1.82) is 0 Å². The van der Waals surface area contributed by atoms with Gasteiger partial charge in [0.15, 0.2) is 5.82 Å². The van der Waals surface area contributed by atoms with Crippen molar-refractivity contribution in [2.45, 2.75) is 26.2 Å². The summed E-state index contributed by atoms with van der Waals surface area (Å²) in [5.74, 6) is 1.94. The molecule has 0 bridgehead atoms. The molecule has 1 unspecified atom stereocenters. The van der Waals surface area contributed by atoms with E-state index in [4.69, 9.17) is 16.1 Å². The van der Waals surface area contributed by atoms with Crippen molar-refractivity contribution in [1.82, 2.24) is 15.5 Å². The molecule has 1 aliphatic rings. The Labute approximate surface area is 123 Å². The molecule has 0 saturated carbocycles. The van der Waals surface area contributed by atoms with Crippen LogP contribution >= 0.6 is 11.6 Å². The first-order valence-corrected chi connectivity index (χ1v) is 7.39. The Bertz CT molecular complexity index is 570. The SMILES string of the molecule is Cc1cc(Cl)cc(-c2nc(CC3CCCNC3)no2)c1. The zero-order chi connectivity index (χ0) is 13.9. The van der Waals surface area contributed by atoms with E-state index < -0.39 is 0 Å². The minimum atomic E-state index is 0.550. The summed E-state index contributed by atoms with van der Waals surface area (Å²) in [4.78, 5) is 4.49. The Kier molecular flexibility index (Phi) is 4.03. The highest BCUT2D eigenvalue weighted by Gasteiger charge is 2.17. The summed E-state index contributed by atoms with van der Waals surface area (Å²) < 4.78 is 5.36. The van der Waals surface area contributed by atoms with Gasteiger partial charge in [0.25, 0.3) is 5.89 Å². The average Bonchev–Trinajstić information content (AvgIpc) is 2.87. The fourth-order valence-electron chi connectivity index (χ4n) is 2.67. The fourth-order valence-corrected chi connectivity index (χ4v) is 2.96. The van der Waals surface area contributed by atoms with Gasteiger partial charge in [0.2, 0.25) is 0 Å². The normalized spacial score (nSPS) is 19.2. The second-order valence-corrected chi connectivity index (χ2v) is 5.89. The summed E-state index contributed by atoms with van der Waals surface area (Å²) >= 11 is 6.06. The monoisotopic (exact) mass is 291 g/mol. The molecular weight excluding hydrogens is 274 g/mol. The highest BCUT2D eigenvalue weighted by molar-refractivity contribution is 6.30. The van der Waals surface area contributed by atoms with Gasteiger partial charge in [-0.3, -0.25) is 0 Å². The topological polar surface area (TPSA) is 51.0 Å². The minimum absolute atomic E-state index is 0.550. The molecule has 1 fully saturated rings. The molecular formula is C15H18ClN3O. The quantitative estimate of drug-likeness (QED) is 0.943. The van der Waals surface area contributed by atoms with Gasteiger partial charge in [-0.05, 0) is 62.5 Å². The van der Waals surface area contributed by atoms with E-state index in [1.165, 1.54) is 12.8 Å². The first-order valence-electron chi connectivity index (χ1n) is 7.01. The Morgan fingerprint density at radius 2 is 2.30 bits per heavy atom. The maximum absolute atomic E-state index is 6.06. The Morgan fingerprint density at radius 3 is 3.05 bits per heavy atom. The molecule has 1 atom stereocenters. The number of halogens is 1. The van der Waals surface area contributed by atoms with Gasteiger partial charge in [0.1, 0.15) is 0 Å². The average molecular weight is 292 g/mol. The van der Waals surface area contributed by atoms with Crippen molar-refractivity contribution in [2.75, 3.05) is 13.1 Å². The summed E-state index contributed by atoms with van der Waals surface area (Å²) in [5, 5.41) is 8.18. The van der Waals surface area contributed by atoms with E-state index in [2.05, 4.69) is 15.5 Å². The van der Waals surface area contributed by atoms with Crippen molar-refractivity contribution in [3.05, 3.63) is 34.6 Å². The number of aromatic nitrogens is 2. The van der Waals surface area contributed by atoms with Crippen LogP contribution in [-0.4, -0.2) is 23.2 Å². The number of nitrogens with one attached hydrogen (secondary N) is 1. The van der Waals surface area contributed by atoms with Crippen LogP contribution in [0.15, 0.2) is 22.7 Å². The number of piperidine rings is 1. The lowest BCUT2D eigenvalue weighted by molar-refractivity contribution is 0.360. The summed E-state index contributed by atoms with van der Waals surface area (Å²) in [6.07, 6.45) is 3.33. The van der Waals surface area contributed by atoms with Crippen LogP contribution in [0.5, 0.6) is 0 Å². The molecule has 1 saturated heterocycles. The van der Waals surface area contributed by atoms with Gasteiger partial charge in [0, 0.05) is 17.0 Å². The van der Waals surface area contributed by atoms with Gasteiger partial charge in [-0.2, -0.15) is 4.98 Å². The van der Waals surface area contributed by atoms with Crippen LogP contribution in [0.1, 0.15) is 24.2 Å².